The van der Waals surface area contributed by atoms with E-state index in [9.17, 15) is 0 Å². The van der Waals surface area contributed by atoms with Gasteiger partial charge in [0, 0.05) is 5.41 Å². The number of benzene rings is 7. The van der Waals surface area contributed by atoms with Gasteiger partial charge >= 0.3 is 0 Å². The first-order valence-electron chi connectivity index (χ1n) is 14.5. The van der Waals surface area contributed by atoms with Gasteiger partial charge in [-0.3, -0.25) is 0 Å². The highest BCUT2D eigenvalue weighted by Crippen LogP contribution is 2.54. The molecule has 0 aliphatic heterocycles. The minimum atomic E-state index is -0.0899. The van der Waals surface area contributed by atoms with E-state index in [1.165, 1.54) is 77.2 Å². The third kappa shape index (κ3) is 3.54. The average Bonchev–Trinajstić information content (AvgIpc) is 3.27. The number of hydrogen-bond acceptors (Lipinski definition) is 0. The van der Waals surface area contributed by atoms with E-state index in [4.69, 9.17) is 0 Å². The van der Waals surface area contributed by atoms with Crippen LogP contribution in [0.1, 0.15) is 25.0 Å². The van der Waals surface area contributed by atoms with Gasteiger partial charge in [-0.2, -0.15) is 0 Å². The van der Waals surface area contributed by atoms with Crippen molar-refractivity contribution in [1.82, 2.24) is 0 Å². The Balaban J connectivity index is 1.46. The maximum atomic E-state index is 2.38. The summed E-state index contributed by atoms with van der Waals surface area (Å²) in [7, 11) is 0. The van der Waals surface area contributed by atoms with Gasteiger partial charge in [0.25, 0.3) is 0 Å². The molecule has 0 heteroatoms. The molecule has 8 rings (SSSR count). The van der Waals surface area contributed by atoms with Crippen LogP contribution < -0.4 is 0 Å². The molecule has 1 aliphatic carbocycles. The predicted octanol–water partition coefficient (Wildman–Crippen LogP) is 11.3. The SMILES string of the molecule is CC1(C)c2ccccc2-c2cccc(-c3c4ccccc4c(-c4cccc(-c5ccccc5)c4)c4ccccc34)c21. The molecule has 0 N–H and O–H groups in total. The highest BCUT2D eigenvalue weighted by molar-refractivity contribution is 6.22. The van der Waals surface area contributed by atoms with Gasteiger partial charge in [0.15, 0.2) is 0 Å². The number of hydrogen-bond donors (Lipinski definition) is 0. The van der Waals surface area contributed by atoms with Gasteiger partial charge in [-0.1, -0.05) is 153 Å². The summed E-state index contributed by atoms with van der Waals surface area (Å²) in [6.45, 7) is 4.77. The van der Waals surface area contributed by atoms with Crippen LogP contribution in [0.15, 0.2) is 146 Å². The van der Waals surface area contributed by atoms with Crippen LogP contribution >= 0.6 is 0 Å². The van der Waals surface area contributed by atoms with Gasteiger partial charge in [0.2, 0.25) is 0 Å². The summed E-state index contributed by atoms with van der Waals surface area (Å²) in [6, 6.07) is 53.5. The Labute approximate surface area is 241 Å². The molecule has 0 unspecified atom stereocenters. The summed E-state index contributed by atoms with van der Waals surface area (Å²) in [4.78, 5) is 0. The van der Waals surface area contributed by atoms with Gasteiger partial charge in [-0.15, -0.1) is 0 Å². The summed E-state index contributed by atoms with van der Waals surface area (Å²) < 4.78 is 0. The molecule has 0 fully saturated rings. The highest BCUT2D eigenvalue weighted by Gasteiger charge is 2.37. The minimum absolute atomic E-state index is 0.0899. The fourth-order valence-corrected chi connectivity index (χ4v) is 7.27. The fourth-order valence-electron chi connectivity index (χ4n) is 7.27. The van der Waals surface area contributed by atoms with Crippen LogP contribution in [0.4, 0.5) is 0 Å². The van der Waals surface area contributed by atoms with Crippen molar-refractivity contribution in [3.63, 3.8) is 0 Å². The lowest BCUT2D eigenvalue weighted by atomic mass is 9.77. The molecule has 1 aliphatic rings. The summed E-state index contributed by atoms with van der Waals surface area (Å²) >= 11 is 0. The van der Waals surface area contributed by atoms with Gasteiger partial charge in [0.05, 0.1) is 0 Å². The zero-order chi connectivity index (χ0) is 27.6. The Bertz CT molecular complexity index is 2050. The van der Waals surface area contributed by atoms with Crippen molar-refractivity contribution in [3.05, 3.63) is 157 Å². The van der Waals surface area contributed by atoms with E-state index in [1.54, 1.807) is 0 Å². The number of fused-ring (bicyclic) bond motifs is 5. The molecule has 0 saturated carbocycles. The van der Waals surface area contributed by atoms with Crippen molar-refractivity contribution in [3.8, 4) is 44.5 Å². The number of rotatable bonds is 3. The lowest BCUT2D eigenvalue weighted by Crippen LogP contribution is -2.16. The van der Waals surface area contributed by atoms with E-state index in [0.717, 1.165) is 0 Å². The zero-order valence-electron chi connectivity index (χ0n) is 23.4. The summed E-state index contributed by atoms with van der Waals surface area (Å²) in [5, 5.41) is 5.17. The van der Waals surface area contributed by atoms with E-state index in [-0.39, 0.29) is 5.41 Å². The van der Waals surface area contributed by atoms with Crippen LogP contribution in [0.25, 0.3) is 66.1 Å². The Morgan fingerprint density at radius 1 is 0.366 bits per heavy atom. The molecule has 0 aromatic heterocycles. The molecule has 0 nitrogen and oxygen atoms in total. The molecule has 0 atom stereocenters. The quantitative estimate of drug-likeness (QED) is 0.202. The molecular weight excluding hydrogens is 492 g/mol. The molecule has 194 valence electrons. The van der Waals surface area contributed by atoms with Crippen LogP contribution in [-0.2, 0) is 5.41 Å². The predicted molar refractivity (Wildman–Crippen MR) is 175 cm³/mol. The molecule has 0 radical (unpaired) electrons. The van der Waals surface area contributed by atoms with Crippen molar-refractivity contribution >= 4 is 21.5 Å². The van der Waals surface area contributed by atoms with Gasteiger partial charge in [-0.25, -0.2) is 0 Å². The van der Waals surface area contributed by atoms with Crippen LogP contribution in [0.5, 0.6) is 0 Å². The van der Waals surface area contributed by atoms with Crippen LogP contribution in [0.3, 0.4) is 0 Å². The zero-order valence-corrected chi connectivity index (χ0v) is 23.4. The molecule has 0 bridgehead atoms. The monoisotopic (exact) mass is 522 g/mol. The normalized spacial score (nSPS) is 13.3. The molecule has 41 heavy (non-hydrogen) atoms. The van der Waals surface area contributed by atoms with Gasteiger partial charge in [0.1, 0.15) is 0 Å². The topological polar surface area (TPSA) is 0 Å². The summed E-state index contributed by atoms with van der Waals surface area (Å²) in [5.41, 5.74) is 13.1. The second-order valence-corrected chi connectivity index (χ2v) is 11.7. The lowest BCUT2D eigenvalue weighted by molar-refractivity contribution is 0.662. The summed E-state index contributed by atoms with van der Waals surface area (Å²) in [6.07, 6.45) is 0. The first kappa shape index (κ1) is 23.9. The average molecular weight is 523 g/mol. The van der Waals surface area contributed by atoms with Crippen molar-refractivity contribution < 1.29 is 0 Å². The van der Waals surface area contributed by atoms with E-state index < -0.39 is 0 Å². The Kier molecular flexibility index (Phi) is 5.27. The molecule has 0 amide bonds. The van der Waals surface area contributed by atoms with Crippen molar-refractivity contribution in [2.75, 3.05) is 0 Å². The van der Waals surface area contributed by atoms with Gasteiger partial charge in [-0.05, 0) is 83.2 Å². The van der Waals surface area contributed by atoms with Gasteiger partial charge < -0.3 is 0 Å². The molecule has 0 spiro atoms. The molecular formula is C41H30. The van der Waals surface area contributed by atoms with Crippen LogP contribution in [0.2, 0.25) is 0 Å². The smallest absolute Gasteiger partial charge is 0.0165 e. The maximum Gasteiger partial charge on any atom is 0.0165 e. The van der Waals surface area contributed by atoms with Crippen LogP contribution in [0, 0.1) is 0 Å². The van der Waals surface area contributed by atoms with E-state index in [2.05, 4.69) is 159 Å². The maximum absolute atomic E-state index is 2.38. The molecule has 7 aromatic rings. The lowest BCUT2D eigenvalue weighted by Gasteiger charge is -2.26. The second kappa shape index (κ2) is 9.04. The van der Waals surface area contributed by atoms with E-state index >= 15 is 0 Å². The second-order valence-electron chi connectivity index (χ2n) is 11.7. The fraction of sp³-hybridized carbons (Fsp3) is 0.0732. The Morgan fingerprint density at radius 2 is 0.854 bits per heavy atom. The molecule has 0 saturated heterocycles. The first-order chi connectivity index (χ1) is 20.1. The van der Waals surface area contributed by atoms with Crippen LogP contribution in [-0.4, -0.2) is 0 Å². The van der Waals surface area contributed by atoms with Crippen molar-refractivity contribution in [2.45, 2.75) is 19.3 Å². The molecule has 0 heterocycles. The Morgan fingerprint density at radius 3 is 1.56 bits per heavy atom. The van der Waals surface area contributed by atoms with E-state index in [0.29, 0.717) is 0 Å². The van der Waals surface area contributed by atoms with Crippen molar-refractivity contribution in [1.29, 1.82) is 0 Å². The highest BCUT2D eigenvalue weighted by atomic mass is 14.4. The minimum Gasteiger partial charge on any atom is -0.0622 e. The standard InChI is InChI=1S/C41H30/c1-41(2)37-25-11-10-18-30(37)35-23-13-24-36(40(35)41)39-33-21-8-6-19-31(33)38(32-20-7-9-22-34(32)39)29-17-12-16-28(26-29)27-14-4-3-5-15-27/h3-26H,1-2H3. The third-order valence-corrected chi connectivity index (χ3v) is 9.04. The first-order valence-corrected chi connectivity index (χ1v) is 14.5. The molecule has 7 aromatic carbocycles. The van der Waals surface area contributed by atoms with Crippen molar-refractivity contribution in [2.24, 2.45) is 0 Å². The largest absolute Gasteiger partial charge is 0.0622 e. The van der Waals surface area contributed by atoms with E-state index in [1.807, 2.05) is 0 Å². The Hall–Kier alpha value is -4.94. The third-order valence-electron chi connectivity index (χ3n) is 9.04. The summed E-state index contributed by atoms with van der Waals surface area (Å²) in [5.74, 6) is 0.